The number of imidazole rings is 2. The molecule has 7 heterocycles. The first-order valence-electron chi connectivity index (χ1n) is 26.9. The number of alkyl halides is 2. The molecular weight excluding hydrogens is 1040 g/mol. The molecule has 3 aliphatic rings. The summed E-state index contributed by atoms with van der Waals surface area (Å²) in [6.07, 6.45) is 0.210. The quantitative estimate of drug-likeness (QED) is 0.0505. The number of aliphatic hydroxyl groups excluding tert-OH is 2. The van der Waals surface area contributed by atoms with Crippen LogP contribution in [0.5, 0.6) is 0 Å². The van der Waals surface area contributed by atoms with Gasteiger partial charge in [0.2, 0.25) is 11.9 Å². The molecule has 27 heteroatoms. The van der Waals surface area contributed by atoms with Crippen LogP contribution in [0.15, 0.2) is 12.7 Å². The van der Waals surface area contributed by atoms with Gasteiger partial charge in [0.25, 0.3) is 0 Å². The predicted octanol–water partition coefficient (Wildman–Crippen LogP) is 8.82. The van der Waals surface area contributed by atoms with Crippen LogP contribution in [0.3, 0.4) is 0 Å². The third-order valence-electron chi connectivity index (χ3n) is 14.4. The highest BCUT2D eigenvalue weighted by Crippen LogP contribution is 2.52. The Morgan fingerprint density at radius 3 is 1.56 bits per heavy atom. The number of unbranched alkanes of at least 4 members (excludes halogenated alkanes) is 4. The number of ether oxygens (including phenoxy) is 4. The Morgan fingerprint density at radius 2 is 1.17 bits per heavy atom. The van der Waals surface area contributed by atoms with E-state index in [1.54, 1.807) is 28.5 Å². The predicted molar refractivity (Wildman–Crippen MR) is 292 cm³/mol. The monoisotopic (exact) mass is 1120 g/mol. The summed E-state index contributed by atoms with van der Waals surface area (Å²) in [5.74, 6) is 0.823. The summed E-state index contributed by atoms with van der Waals surface area (Å²) in [6, 6.07) is 0. The van der Waals surface area contributed by atoms with E-state index in [4.69, 9.17) is 31.9 Å². The molecule has 4 aromatic heterocycles. The standard InChI is InChI=1S/C31H55FN6O6Si2.C19H29FN6O5/c1-13-14-15-16-40-30(39)36-29-34-26(37(11)12)24-27(35-29)38(18-33-24)28-31(10,32)25-23(42-28)17-41-45(19(2)3,20(4)5)44-46(43-25,21(6)7)22(8)9;1-5-6-7-8-30-18(29)24-17-22-14(25(3)4)12-15(23-17)26(10-21-12)16-19(2,20)13(28)11(9-27)31-16/h18-23,25,28H,13-17H2,1-12H3,(H,34,35,36,39);10-11,13,16,27-28H,5-9H2,1-4H3,(H,22,23,24,29)/t23-,25-,28-,31-;11-,13-,16-,19-/m11/s1. The molecular formula is C50H84F2N12O11Si2. The van der Waals surface area contributed by atoms with Crippen LogP contribution in [-0.4, -0.2) is 169 Å². The maximum absolute atomic E-state index is 17.4. The summed E-state index contributed by atoms with van der Waals surface area (Å²) in [5, 5.41) is 24.7. The third-order valence-corrected chi connectivity index (χ3v) is 24.7. The van der Waals surface area contributed by atoms with E-state index in [1.165, 1.54) is 31.1 Å². The Morgan fingerprint density at radius 1 is 0.727 bits per heavy atom. The van der Waals surface area contributed by atoms with Crippen LogP contribution < -0.4 is 20.4 Å². The maximum atomic E-state index is 17.4. The minimum Gasteiger partial charge on any atom is -0.449 e. The van der Waals surface area contributed by atoms with Crippen molar-refractivity contribution in [2.45, 2.75) is 192 Å². The van der Waals surface area contributed by atoms with Crippen molar-refractivity contribution in [3.05, 3.63) is 12.7 Å². The van der Waals surface area contributed by atoms with E-state index in [0.717, 1.165) is 38.5 Å². The molecule has 0 bridgehead atoms. The summed E-state index contributed by atoms with van der Waals surface area (Å²) in [4.78, 5) is 54.7. The molecule has 23 nitrogen and oxygen atoms in total. The Hall–Kier alpha value is -4.75. The van der Waals surface area contributed by atoms with Crippen molar-refractivity contribution in [2.24, 2.45) is 0 Å². The molecule has 7 rings (SSSR count). The summed E-state index contributed by atoms with van der Waals surface area (Å²) in [5.41, 5.74) is -2.56. The lowest BCUT2D eigenvalue weighted by atomic mass is 9.98. The number of hydrogen-bond acceptors (Lipinski definition) is 19. The number of amides is 2. The fourth-order valence-electron chi connectivity index (χ4n) is 10.2. The fourth-order valence-corrected chi connectivity index (χ4v) is 21.5. The van der Waals surface area contributed by atoms with Gasteiger partial charge in [-0.3, -0.25) is 19.8 Å². The minimum absolute atomic E-state index is 0.0201. The molecule has 77 heavy (non-hydrogen) atoms. The molecule has 3 fully saturated rings. The average Bonchev–Trinajstić information content (AvgIpc) is 4.20. The van der Waals surface area contributed by atoms with Gasteiger partial charge < -0.3 is 51.9 Å². The number of rotatable bonds is 19. The first-order valence-corrected chi connectivity index (χ1v) is 30.9. The van der Waals surface area contributed by atoms with Gasteiger partial charge in [-0.15, -0.1) is 0 Å². The lowest BCUT2D eigenvalue weighted by Crippen LogP contribution is -2.66. The third kappa shape index (κ3) is 12.7. The van der Waals surface area contributed by atoms with Crippen LogP contribution in [-0.2, 0) is 31.9 Å². The highest BCUT2D eigenvalue weighted by Gasteiger charge is 2.65. The SMILES string of the molecule is CCCCCOC(=O)Nc1nc(N(C)C)c2ncn([C@@H]3O[C@@H]4CO[Si](C(C)C)(C(C)C)O[Si](C(C)C)(C(C)C)O[C@H]4[C@@]3(C)F)c2n1.CCCCCOC(=O)Nc1nc(N(C)C)c2ncn([C@@H]3O[C@H](CO)[C@@H](O)[C@@]3(C)F)c2n1. The van der Waals surface area contributed by atoms with Crippen molar-refractivity contribution in [2.75, 3.05) is 75.1 Å². The van der Waals surface area contributed by atoms with E-state index in [-0.39, 0.29) is 52.9 Å². The van der Waals surface area contributed by atoms with Crippen molar-refractivity contribution in [3.8, 4) is 0 Å². The highest BCUT2D eigenvalue weighted by molar-refractivity contribution is 6.84. The number of nitrogens with zero attached hydrogens (tertiary/aromatic N) is 10. The molecule has 0 aliphatic carbocycles. The summed E-state index contributed by atoms with van der Waals surface area (Å²) < 4.78 is 79.3. The van der Waals surface area contributed by atoms with Crippen molar-refractivity contribution >= 4 is 75.2 Å². The molecule has 4 aromatic rings. The Kier molecular flexibility index (Phi) is 20.1. The van der Waals surface area contributed by atoms with Crippen LogP contribution in [0.1, 0.15) is 134 Å². The molecule has 0 aromatic carbocycles. The zero-order valence-electron chi connectivity index (χ0n) is 47.8. The van der Waals surface area contributed by atoms with Crippen molar-refractivity contribution < 1.29 is 60.5 Å². The van der Waals surface area contributed by atoms with Gasteiger partial charge in [0.05, 0.1) is 39.1 Å². The Balaban J connectivity index is 0.000000269. The van der Waals surface area contributed by atoms with E-state index in [0.29, 0.717) is 34.9 Å². The molecule has 0 spiro atoms. The number of halogens is 2. The van der Waals surface area contributed by atoms with E-state index in [1.807, 2.05) is 21.0 Å². The number of carbonyl (C=O) groups excluding carboxylic acids is 2. The van der Waals surface area contributed by atoms with E-state index in [9.17, 15) is 19.8 Å². The second kappa shape index (κ2) is 25.1. The van der Waals surface area contributed by atoms with Crippen LogP contribution >= 0.6 is 0 Å². The summed E-state index contributed by atoms with van der Waals surface area (Å²) in [7, 11) is 1.17. The van der Waals surface area contributed by atoms with Gasteiger partial charge in [0.1, 0.15) is 24.4 Å². The maximum Gasteiger partial charge on any atom is 0.414 e. The van der Waals surface area contributed by atoms with Gasteiger partial charge >= 0.3 is 29.3 Å². The molecule has 0 unspecified atom stereocenters. The molecule has 8 atom stereocenters. The molecule has 0 saturated carbocycles. The van der Waals surface area contributed by atoms with Gasteiger partial charge in [-0.25, -0.2) is 28.3 Å². The smallest absolute Gasteiger partial charge is 0.414 e. The zero-order valence-corrected chi connectivity index (χ0v) is 49.8. The molecule has 0 radical (unpaired) electrons. The van der Waals surface area contributed by atoms with Crippen molar-refractivity contribution in [1.82, 2.24) is 39.0 Å². The average molecular weight is 1120 g/mol. The molecule has 2 amide bonds. The van der Waals surface area contributed by atoms with Crippen molar-refractivity contribution in [3.63, 3.8) is 0 Å². The Bertz CT molecular complexity index is 2610. The van der Waals surface area contributed by atoms with E-state index in [2.05, 4.69) is 103 Å². The molecule has 4 N–H and O–H groups in total. The highest BCUT2D eigenvalue weighted by atomic mass is 28.5. The van der Waals surface area contributed by atoms with Gasteiger partial charge in [0, 0.05) is 28.2 Å². The normalized spacial score (nSPS) is 25.9. The Labute approximate surface area is 453 Å². The van der Waals surface area contributed by atoms with Crippen LogP contribution in [0.2, 0.25) is 22.2 Å². The van der Waals surface area contributed by atoms with Crippen LogP contribution in [0, 0.1) is 0 Å². The van der Waals surface area contributed by atoms with Crippen LogP contribution in [0.25, 0.3) is 22.3 Å². The first kappa shape index (κ1) is 61.5. The minimum atomic E-state index is -3.09. The second-order valence-electron chi connectivity index (χ2n) is 22.1. The van der Waals surface area contributed by atoms with E-state index < -0.39 is 84.1 Å². The summed E-state index contributed by atoms with van der Waals surface area (Å²) >= 11 is 0. The van der Waals surface area contributed by atoms with Gasteiger partial charge in [-0.2, -0.15) is 19.9 Å². The number of fused-ring (bicyclic) bond motifs is 3. The molecule has 3 saturated heterocycles. The number of aromatic nitrogens is 8. The van der Waals surface area contributed by atoms with Gasteiger partial charge in [0.15, 0.2) is 57.8 Å². The topological polar surface area (TPSA) is 257 Å². The van der Waals surface area contributed by atoms with Gasteiger partial charge in [-0.1, -0.05) is 94.9 Å². The first-order chi connectivity index (χ1) is 36.2. The number of aliphatic hydroxyl groups is 2. The van der Waals surface area contributed by atoms with Gasteiger partial charge in [-0.05, 0) is 48.9 Å². The lowest BCUT2D eigenvalue weighted by molar-refractivity contribution is -0.0594. The molecule has 3 aliphatic heterocycles. The number of carbonyl (C=O) groups is 2. The van der Waals surface area contributed by atoms with Crippen LogP contribution in [0.4, 0.5) is 41.9 Å². The molecule has 432 valence electrons. The lowest BCUT2D eigenvalue weighted by Gasteiger charge is -2.51. The largest absolute Gasteiger partial charge is 0.449 e. The number of anilines is 4. The summed E-state index contributed by atoms with van der Waals surface area (Å²) in [6.45, 7) is 24.0. The van der Waals surface area contributed by atoms with Crippen molar-refractivity contribution in [1.29, 1.82) is 0 Å². The zero-order chi connectivity index (χ0) is 56.9. The van der Waals surface area contributed by atoms with E-state index >= 15 is 8.78 Å². The second-order valence-corrected chi connectivity index (χ2v) is 31.0. The number of hydrogen-bond donors (Lipinski definition) is 4. The number of nitrogens with one attached hydrogen (secondary N) is 2. The fraction of sp³-hybridized carbons (Fsp3) is 0.760.